The molecule has 0 aromatic heterocycles. The molecule has 102 valence electrons. The van der Waals surface area contributed by atoms with Gasteiger partial charge in [0.25, 0.3) is 5.91 Å². The molecule has 3 nitrogen and oxygen atoms in total. The Bertz CT molecular complexity index is 691. The van der Waals surface area contributed by atoms with E-state index in [2.05, 4.69) is 43.8 Å². The molecule has 6 heteroatoms. The summed E-state index contributed by atoms with van der Waals surface area (Å²) in [5.74, 6) is -0.195. The number of anilines is 1. The Labute approximate surface area is 144 Å². The number of nitrogens with one attached hydrogen (secondary N) is 1. The molecular weight excluding hydrogens is 451 g/mol. The van der Waals surface area contributed by atoms with Gasteiger partial charge in [-0.2, -0.15) is 0 Å². The molecule has 0 saturated heterocycles. The van der Waals surface area contributed by atoms with Crippen molar-refractivity contribution in [1.82, 2.24) is 0 Å². The lowest BCUT2D eigenvalue weighted by molar-refractivity contribution is 0.102. The SMILES string of the molecule is NC(=S)c1ccc(Br)cc1NC(=O)c1cccc(I)c1. The van der Waals surface area contributed by atoms with Gasteiger partial charge in [-0.25, -0.2) is 0 Å². The van der Waals surface area contributed by atoms with Crippen LogP contribution in [0.1, 0.15) is 15.9 Å². The molecule has 0 unspecified atom stereocenters. The number of hydrogen-bond donors (Lipinski definition) is 2. The molecule has 0 saturated carbocycles. The Kier molecular flexibility index (Phi) is 5.11. The first kappa shape index (κ1) is 15.4. The third-order valence-electron chi connectivity index (χ3n) is 2.58. The van der Waals surface area contributed by atoms with E-state index in [9.17, 15) is 4.79 Å². The fourth-order valence-corrected chi connectivity index (χ4v) is 2.74. The van der Waals surface area contributed by atoms with Gasteiger partial charge in [-0.05, 0) is 59.0 Å². The minimum Gasteiger partial charge on any atom is -0.389 e. The fourth-order valence-electron chi connectivity index (χ4n) is 1.66. The fraction of sp³-hybridized carbons (Fsp3) is 0. The zero-order chi connectivity index (χ0) is 14.7. The Morgan fingerprint density at radius 2 is 2.00 bits per heavy atom. The maximum Gasteiger partial charge on any atom is 0.255 e. The van der Waals surface area contributed by atoms with Crippen LogP contribution in [0, 0.1) is 3.57 Å². The molecular formula is C14H10BrIN2OS. The van der Waals surface area contributed by atoms with Crippen LogP contribution in [0.5, 0.6) is 0 Å². The molecule has 0 aliphatic carbocycles. The average Bonchev–Trinajstić information content (AvgIpc) is 2.38. The van der Waals surface area contributed by atoms with Crippen LogP contribution in [0.15, 0.2) is 46.9 Å². The van der Waals surface area contributed by atoms with Crippen molar-refractivity contribution in [2.24, 2.45) is 5.73 Å². The van der Waals surface area contributed by atoms with Crippen molar-refractivity contribution in [3.05, 3.63) is 61.6 Å². The summed E-state index contributed by atoms with van der Waals surface area (Å²) in [5.41, 5.74) is 7.49. The number of carbonyl (C=O) groups excluding carboxylic acids is 1. The van der Waals surface area contributed by atoms with Crippen LogP contribution >= 0.6 is 50.7 Å². The van der Waals surface area contributed by atoms with Gasteiger partial charge in [-0.1, -0.05) is 34.2 Å². The third kappa shape index (κ3) is 3.77. The number of amides is 1. The second kappa shape index (κ2) is 6.64. The van der Waals surface area contributed by atoms with Crippen molar-refractivity contribution in [3.63, 3.8) is 0 Å². The van der Waals surface area contributed by atoms with E-state index in [1.807, 2.05) is 24.3 Å². The lowest BCUT2D eigenvalue weighted by Gasteiger charge is -2.11. The normalized spacial score (nSPS) is 10.1. The van der Waals surface area contributed by atoms with E-state index in [4.69, 9.17) is 18.0 Å². The summed E-state index contributed by atoms with van der Waals surface area (Å²) in [6.07, 6.45) is 0. The largest absolute Gasteiger partial charge is 0.389 e. The molecule has 2 aromatic carbocycles. The second-order valence-electron chi connectivity index (χ2n) is 4.02. The molecule has 0 aliphatic heterocycles. The lowest BCUT2D eigenvalue weighted by Crippen LogP contribution is -2.17. The summed E-state index contributed by atoms with van der Waals surface area (Å²) in [4.78, 5) is 12.5. The highest BCUT2D eigenvalue weighted by Crippen LogP contribution is 2.22. The molecule has 0 fully saturated rings. The number of nitrogens with two attached hydrogens (primary N) is 1. The van der Waals surface area contributed by atoms with E-state index in [-0.39, 0.29) is 10.9 Å². The number of hydrogen-bond acceptors (Lipinski definition) is 2. The molecule has 0 heterocycles. The monoisotopic (exact) mass is 460 g/mol. The maximum atomic E-state index is 12.2. The zero-order valence-electron chi connectivity index (χ0n) is 10.2. The van der Waals surface area contributed by atoms with Gasteiger partial charge in [0.2, 0.25) is 0 Å². The molecule has 0 bridgehead atoms. The Hall–Kier alpha value is -0.990. The highest BCUT2D eigenvalue weighted by Gasteiger charge is 2.11. The van der Waals surface area contributed by atoms with Crippen LogP contribution < -0.4 is 11.1 Å². The number of thiocarbonyl (C=S) groups is 1. The summed E-state index contributed by atoms with van der Waals surface area (Å²) in [5, 5.41) is 2.84. The Morgan fingerprint density at radius 1 is 1.25 bits per heavy atom. The van der Waals surface area contributed by atoms with Gasteiger partial charge in [0.05, 0.1) is 5.69 Å². The minimum atomic E-state index is -0.195. The molecule has 20 heavy (non-hydrogen) atoms. The van der Waals surface area contributed by atoms with Crippen LogP contribution in [0.2, 0.25) is 0 Å². The molecule has 0 spiro atoms. The van der Waals surface area contributed by atoms with E-state index in [1.165, 1.54) is 0 Å². The standard InChI is InChI=1S/C14H10BrIN2OS/c15-9-4-5-11(13(17)20)12(7-9)18-14(19)8-2-1-3-10(16)6-8/h1-7H,(H2,17,20)(H,18,19). The first-order chi connectivity index (χ1) is 9.47. The minimum absolute atomic E-state index is 0.195. The summed E-state index contributed by atoms with van der Waals surface area (Å²) >= 11 is 10.5. The first-order valence-electron chi connectivity index (χ1n) is 5.63. The molecule has 2 aromatic rings. The molecule has 0 aliphatic rings. The van der Waals surface area contributed by atoms with E-state index >= 15 is 0 Å². The molecule has 2 rings (SSSR count). The molecule has 0 radical (unpaired) electrons. The predicted octanol–water partition coefficient (Wildman–Crippen LogP) is 3.94. The van der Waals surface area contributed by atoms with Gasteiger partial charge in [0, 0.05) is 19.2 Å². The molecule has 0 atom stereocenters. The summed E-state index contributed by atoms with van der Waals surface area (Å²) < 4.78 is 1.84. The summed E-state index contributed by atoms with van der Waals surface area (Å²) in [6.45, 7) is 0. The van der Waals surface area contributed by atoms with Crippen LogP contribution in [-0.4, -0.2) is 10.9 Å². The molecule has 3 N–H and O–H groups in total. The van der Waals surface area contributed by atoms with Crippen LogP contribution in [0.25, 0.3) is 0 Å². The van der Waals surface area contributed by atoms with Crippen molar-refractivity contribution < 1.29 is 4.79 Å². The van der Waals surface area contributed by atoms with Crippen molar-refractivity contribution in [3.8, 4) is 0 Å². The quantitative estimate of drug-likeness (QED) is 0.538. The average molecular weight is 461 g/mol. The van der Waals surface area contributed by atoms with Crippen LogP contribution in [-0.2, 0) is 0 Å². The number of benzene rings is 2. The van der Waals surface area contributed by atoms with E-state index in [0.717, 1.165) is 8.04 Å². The topological polar surface area (TPSA) is 55.1 Å². The van der Waals surface area contributed by atoms with Gasteiger partial charge in [-0.15, -0.1) is 0 Å². The van der Waals surface area contributed by atoms with Gasteiger partial charge in [0.1, 0.15) is 4.99 Å². The number of rotatable bonds is 3. The van der Waals surface area contributed by atoms with Gasteiger partial charge >= 0.3 is 0 Å². The van der Waals surface area contributed by atoms with Gasteiger partial charge in [-0.3, -0.25) is 4.79 Å². The van der Waals surface area contributed by atoms with Crippen LogP contribution in [0.3, 0.4) is 0 Å². The first-order valence-corrected chi connectivity index (χ1v) is 7.91. The Morgan fingerprint density at radius 3 is 2.65 bits per heavy atom. The van der Waals surface area contributed by atoms with E-state index in [0.29, 0.717) is 16.8 Å². The number of halogens is 2. The predicted molar refractivity (Wildman–Crippen MR) is 97.1 cm³/mol. The highest BCUT2D eigenvalue weighted by atomic mass is 127. The maximum absolute atomic E-state index is 12.2. The lowest BCUT2D eigenvalue weighted by atomic mass is 10.1. The molecule has 1 amide bonds. The second-order valence-corrected chi connectivity index (χ2v) is 6.62. The third-order valence-corrected chi connectivity index (χ3v) is 3.97. The van der Waals surface area contributed by atoms with E-state index in [1.54, 1.807) is 18.2 Å². The van der Waals surface area contributed by atoms with Crippen molar-refractivity contribution in [2.75, 3.05) is 5.32 Å². The van der Waals surface area contributed by atoms with Crippen LogP contribution in [0.4, 0.5) is 5.69 Å². The zero-order valence-corrected chi connectivity index (χ0v) is 14.8. The van der Waals surface area contributed by atoms with Crippen molar-refractivity contribution in [1.29, 1.82) is 0 Å². The van der Waals surface area contributed by atoms with Gasteiger partial charge < -0.3 is 11.1 Å². The van der Waals surface area contributed by atoms with Gasteiger partial charge in [0.15, 0.2) is 0 Å². The Balaban J connectivity index is 2.32. The summed E-state index contributed by atoms with van der Waals surface area (Å²) in [7, 11) is 0. The van der Waals surface area contributed by atoms with E-state index < -0.39 is 0 Å². The van der Waals surface area contributed by atoms with Crippen molar-refractivity contribution in [2.45, 2.75) is 0 Å². The van der Waals surface area contributed by atoms with Crippen molar-refractivity contribution >= 4 is 67.3 Å². The highest BCUT2D eigenvalue weighted by molar-refractivity contribution is 14.1. The smallest absolute Gasteiger partial charge is 0.255 e. The summed E-state index contributed by atoms with van der Waals surface area (Å²) in [6, 6.07) is 12.7. The number of carbonyl (C=O) groups is 1.